The molecule has 0 amide bonds. The Bertz CT molecular complexity index is 2950. The summed E-state index contributed by atoms with van der Waals surface area (Å²) in [5, 5.41) is 5.02. The minimum absolute atomic E-state index is 0.559. The lowest BCUT2D eigenvalue weighted by Gasteiger charge is -2.37. The highest BCUT2D eigenvalue weighted by atomic mass is 15.0. The summed E-state index contributed by atoms with van der Waals surface area (Å²) in [5.41, 5.74) is 18.4. The number of fused-ring (bicyclic) bond motifs is 6. The zero-order valence-corrected chi connectivity index (χ0v) is 32.6. The van der Waals surface area contributed by atoms with Gasteiger partial charge in [0.2, 0.25) is 0 Å². The van der Waals surface area contributed by atoms with E-state index < -0.39 is 5.41 Å². The van der Waals surface area contributed by atoms with Gasteiger partial charge in [0.1, 0.15) is 39.2 Å². The number of hydrogen-bond donors (Lipinski definition) is 0. The zero-order chi connectivity index (χ0) is 38.1. The Morgan fingerprint density at radius 1 is 0.304 bits per heavy atom. The van der Waals surface area contributed by atoms with Crippen molar-refractivity contribution in [2.24, 2.45) is 0 Å². The lowest BCUT2D eigenvalue weighted by Crippen LogP contribution is -2.56. The fourth-order valence-electron chi connectivity index (χ4n) is 9.70. The Morgan fingerprint density at radius 2 is 0.732 bits per heavy atom. The number of nitrogens with zero attached hydrogens (tertiary/aromatic N) is 2. The molecule has 0 aliphatic heterocycles. The standard InChI is InChI=1S/C49H39B5N2/c50-43-44(51)46(53)48(47(54)45(43)52)56-41-27-25-34(55-39-22-12-10-20-35(39)36-21-11-13-23-40(36)55)29-38(41)37-26-24-33(28-42(37)56)49(30-14-4-1-5-15-30,31-16-6-2-7-17-31)32-18-8-3-9-19-32/h1-29H,50-54H2. The summed E-state index contributed by atoms with van der Waals surface area (Å²) in [6.45, 7) is 0. The van der Waals surface area contributed by atoms with Crippen LogP contribution < -0.4 is 27.3 Å². The third-order valence-corrected chi connectivity index (χ3v) is 12.8. The minimum Gasteiger partial charge on any atom is -0.310 e. The molecule has 8 aromatic carbocycles. The molecular weight excluding hydrogens is 671 g/mol. The van der Waals surface area contributed by atoms with Crippen molar-refractivity contribution in [1.82, 2.24) is 9.13 Å². The van der Waals surface area contributed by atoms with E-state index in [1.165, 1.54) is 98.9 Å². The maximum atomic E-state index is 2.57. The van der Waals surface area contributed by atoms with Gasteiger partial charge in [0.15, 0.2) is 0 Å². The SMILES string of the molecule is Bc1c(B)c(B)c(-n2c3ccc(-n4c5ccccc5c5ccccc54)cc3c3ccc(C(c4ccccc4)(c4ccccc4)c4ccccc4)cc32)c(B)c1B. The van der Waals surface area contributed by atoms with Gasteiger partial charge in [-0.15, -0.1) is 5.46 Å². The molecule has 2 nitrogen and oxygen atoms in total. The predicted molar refractivity (Wildman–Crippen MR) is 254 cm³/mol. The van der Waals surface area contributed by atoms with Crippen LogP contribution >= 0.6 is 0 Å². The van der Waals surface area contributed by atoms with Crippen LogP contribution in [0, 0.1) is 0 Å². The van der Waals surface area contributed by atoms with Crippen molar-refractivity contribution in [2.75, 3.05) is 0 Å². The highest BCUT2D eigenvalue weighted by Crippen LogP contribution is 2.47. The first-order valence-corrected chi connectivity index (χ1v) is 19.7. The van der Waals surface area contributed by atoms with Crippen LogP contribution in [-0.2, 0) is 5.41 Å². The third-order valence-electron chi connectivity index (χ3n) is 12.8. The van der Waals surface area contributed by atoms with Gasteiger partial charge in [0.25, 0.3) is 0 Å². The summed E-state index contributed by atoms with van der Waals surface area (Å²) in [5.74, 6) is 0. The molecule has 0 saturated carbocycles. The van der Waals surface area contributed by atoms with Gasteiger partial charge < -0.3 is 9.13 Å². The lowest BCUT2D eigenvalue weighted by molar-refractivity contribution is 0.746. The van der Waals surface area contributed by atoms with E-state index in [2.05, 4.69) is 224 Å². The summed E-state index contributed by atoms with van der Waals surface area (Å²) in [7, 11) is 11.4. The van der Waals surface area contributed by atoms with Crippen molar-refractivity contribution in [3.63, 3.8) is 0 Å². The summed E-state index contributed by atoms with van der Waals surface area (Å²) in [6.07, 6.45) is 0. The van der Waals surface area contributed by atoms with Gasteiger partial charge >= 0.3 is 0 Å². The molecule has 2 aromatic heterocycles. The molecule has 0 bridgehead atoms. The number of benzene rings is 8. The summed E-state index contributed by atoms with van der Waals surface area (Å²) in [4.78, 5) is 0. The number of rotatable bonds is 6. The molecule has 10 rings (SSSR count). The van der Waals surface area contributed by atoms with Gasteiger partial charge in [-0.2, -0.15) is 0 Å². The van der Waals surface area contributed by atoms with Crippen LogP contribution in [-0.4, -0.2) is 48.4 Å². The molecule has 0 radical (unpaired) electrons. The van der Waals surface area contributed by atoms with E-state index in [-0.39, 0.29) is 0 Å². The molecule has 0 spiro atoms. The number of hydrogen-bond acceptors (Lipinski definition) is 0. The fourth-order valence-corrected chi connectivity index (χ4v) is 9.70. The fraction of sp³-hybridized carbons (Fsp3) is 0.0204. The quantitative estimate of drug-likeness (QED) is 0.185. The predicted octanol–water partition coefficient (Wildman–Crippen LogP) is 3.56. The Labute approximate surface area is 332 Å². The molecule has 7 heteroatoms. The molecular formula is C49H39B5N2. The van der Waals surface area contributed by atoms with Crippen LogP contribution in [0.5, 0.6) is 0 Å². The van der Waals surface area contributed by atoms with E-state index in [0.29, 0.717) is 0 Å². The molecule has 56 heavy (non-hydrogen) atoms. The molecule has 0 saturated heterocycles. The second kappa shape index (κ2) is 13.2. The van der Waals surface area contributed by atoms with Gasteiger partial charge in [0.05, 0.1) is 27.5 Å². The molecule has 0 atom stereocenters. The Hall–Kier alpha value is -6.32. The first-order chi connectivity index (χ1) is 27.4. The van der Waals surface area contributed by atoms with Crippen molar-refractivity contribution in [2.45, 2.75) is 5.41 Å². The first kappa shape index (κ1) is 34.2. The maximum absolute atomic E-state index is 2.57. The molecule has 0 N–H and O–H groups in total. The Balaban J connectivity index is 1.35. The lowest BCUT2D eigenvalue weighted by atomic mass is 9.61. The van der Waals surface area contributed by atoms with Gasteiger partial charge in [-0.25, -0.2) is 0 Å². The minimum atomic E-state index is -0.559. The molecule has 0 aliphatic rings. The van der Waals surface area contributed by atoms with Gasteiger partial charge in [-0.05, 0) is 58.7 Å². The van der Waals surface area contributed by atoms with Crippen molar-refractivity contribution < 1.29 is 0 Å². The molecule has 10 aromatic rings. The maximum Gasteiger partial charge on any atom is 0.141 e. The van der Waals surface area contributed by atoms with Crippen LogP contribution in [0.15, 0.2) is 176 Å². The second-order valence-electron chi connectivity index (χ2n) is 15.5. The van der Waals surface area contributed by atoms with E-state index in [1.54, 1.807) is 0 Å². The second-order valence-corrected chi connectivity index (χ2v) is 15.5. The van der Waals surface area contributed by atoms with E-state index in [4.69, 9.17) is 0 Å². The van der Waals surface area contributed by atoms with Crippen LogP contribution in [0.3, 0.4) is 0 Å². The third kappa shape index (κ3) is 4.90. The van der Waals surface area contributed by atoms with Crippen LogP contribution in [0.4, 0.5) is 0 Å². The number of aromatic nitrogens is 2. The van der Waals surface area contributed by atoms with E-state index in [9.17, 15) is 0 Å². The van der Waals surface area contributed by atoms with E-state index >= 15 is 0 Å². The largest absolute Gasteiger partial charge is 0.310 e. The van der Waals surface area contributed by atoms with Crippen molar-refractivity contribution >= 4 is 110 Å². The van der Waals surface area contributed by atoms with Gasteiger partial charge in [-0.3, -0.25) is 0 Å². The smallest absolute Gasteiger partial charge is 0.141 e. The van der Waals surface area contributed by atoms with Gasteiger partial charge in [-0.1, -0.05) is 161 Å². The summed E-state index contributed by atoms with van der Waals surface area (Å²) < 4.78 is 5.00. The van der Waals surface area contributed by atoms with Crippen molar-refractivity contribution in [3.05, 3.63) is 198 Å². The van der Waals surface area contributed by atoms with E-state index in [1.807, 2.05) is 0 Å². The van der Waals surface area contributed by atoms with Crippen LogP contribution in [0.1, 0.15) is 22.3 Å². The monoisotopic (exact) mass is 710 g/mol. The molecule has 2 heterocycles. The topological polar surface area (TPSA) is 9.86 Å². The van der Waals surface area contributed by atoms with Crippen molar-refractivity contribution in [3.8, 4) is 11.4 Å². The summed E-state index contributed by atoms with van der Waals surface area (Å²) >= 11 is 0. The Kier molecular flexibility index (Phi) is 8.04. The molecule has 0 fully saturated rings. The van der Waals surface area contributed by atoms with Crippen LogP contribution in [0.25, 0.3) is 55.0 Å². The number of para-hydroxylation sites is 2. The zero-order valence-electron chi connectivity index (χ0n) is 32.6. The average molecular weight is 710 g/mol. The van der Waals surface area contributed by atoms with Gasteiger partial charge in [0, 0.05) is 32.9 Å². The highest BCUT2D eigenvalue weighted by Gasteiger charge is 2.38. The normalized spacial score (nSPS) is 11.9. The molecule has 0 aliphatic carbocycles. The highest BCUT2D eigenvalue weighted by molar-refractivity contribution is 6.68. The molecule has 0 unspecified atom stereocenters. The Morgan fingerprint density at radius 3 is 1.25 bits per heavy atom. The van der Waals surface area contributed by atoms with Crippen molar-refractivity contribution in [1.29, 1.82) is 0 Å². The first-order valence-electron chi connectivity index (χ1n) is 19.7. The van der Waals surface area contributed by atoms with Crippen LogP contribution in [0.2, 0.25) is 0 Å². The van der Waals surface area contributed by atoms with E-state index in [0.717, 1.165) is 5.69 Å². The molecule has 260 valence electrons. The average Bonchev–Trinajstić information content (AvgIpc) is 3.76. The summed E-state index contributed by atoms with van der Waals surface area (Å²) in [6, 6.07) is 65.1.